The molecule has 2 rings (SSSR count). The number of benzene rings is 1. The minimum absolute atomic E-state index is 0.0525. The monoisotopic (exact) mass is 297 g/mol. The molecule has 0 bridgehead atoms. The van der Waals surface area contributed by atoms with Crippen molar-refractivity contribution in [1.82, 2.24) is 4.98 Å². The van der Waals surface area contributed by atoms with Gasteiger partial charge in [-0.2, -0.15) is 0 Å². The quantitative estimate of drug-likeness (QED) is 0.852. The molecule has 7 heteroatoms. The van der Waals surface area contributed by atoms with Gasteiger partial charge in [0.15, 0.2) is 0 Å². The van der Waals surface area contributed by atoms with Gasteiger partial charge in [0.2, 0.25) is 0 Å². The van der Waals surface area contributed by atoms with Crippen LogP contribution in [0.3, 0.4) is 0 Å². The van der Waals surface area contributed by atoms with Crippen molar-refractivity contribution >= 4 is 33.0 Å². The molecule has 5 nitrogen and oxygen atoms in total. The van der Waals surface area contributed by atoms with Crippen LogP contribution in [-0.2, 0) is 10.0 Å². The minimum atomic E-state index is -3.79. The van der Waals surface area contributed by atoms with Gasteiger partial charge in [-0.15, -0.1) is 0 Å². The highest BCUT2D eigenvalue weighted by molar-refractivity contribution is 7.92. The Morgan fingerprint density at radius 1 is 1.32 bits per heavy atom. The van der Waals surface area contributed by atoms with Crippen molar-refractivity contribution in [3.63, 3.8) is 0 Å². The van der Waals surface area contributed by atoms with Gasteiger partial charge in [0.25, 0.3) is 10.0 Å². The molecule has 0 radical (unpaired) electrons. The van der Waals surface area contributed by atoms with E-state index in [0.29, 0.717) is 16.4 Å². The number of nitrogen functional groups attached to an aromatic ring is 1. The van der Waals surface area contributed by atoms with E-state index in [9.17, 15) is 8.42 Å². The largest absolute Gasteiger partial charge is 0.398 e. The molecule has 0 atom stereocenters. The maximum atomic E-state index is 12.2. The third-order valence-electron chi connectivity index (χ3n) is 2.52. The van der Waals surface area contributed by atoms with Crippen LogP contribution in [0.25, 0.3) is 0 Å². The normalized spacial score (nSPS) is 11.3. The molecule has 0 fully saturated rings. The number of sulfonamides is 1. The molecule has 0 aliphatic rings. The average Bonchev–Trinajstić information content (AvgIpc) is 2.35. The SMILES string of the molecule is Cc1ncccc1NS(=O)(=O)c1cc(Cl)ccc1N. The number of aryl methyl sites for hydroxylation is 1. The molecular formula is C12H12ClN3O2S. The van der Waals surface area contributed by atoms with Crippen molar-refractivity contribution < 1.29 is 8.42 Å². The van der Waals surface area contributed by atoms with E-state index >= 15 is 0 Å². The molecule has 0 unspecified atom stereocenters. The van der Waals surface area contributed by atoms with Gasteiger partial charge in [-0.3, -0.25) is 9.71 Å². The van der Waals surface area contributed by atoms with Crippen molar-refractivity contribution in [2.45, 2.75) is 11.8 Å². The Hall–Kier alpha value is -1.79. The number of nitrogens with one attached hydrogen (secondary N) is 1. The highest BCUT2D eigenvalue weighted by Crippen LogP contribution is 2.25. The number of halogens is 1. The van der Waals surface area contributed by atoms with Gasteiger partial charge in [0.05, 0.1) is 17.1 Å². The summed E-state index contributed by atoms with van der Waals surface area (Å²) < 4.78 is 26.9. The Bertz CT molecular complexity index is 717. The zero-order chi connectivity index (χ0) is 14.0. The number of hydrogen-bond acceptors (Lipinski definition) is 4. The van der Waals surface area contributed by atoms with Crippen LogP contribution in [-0.4, -0.2) is 13.4 Å². The summed E-state index contributed by atoms with van der Waals surface area (Å²) in [5.74, 6) is 0. The van der Waals surface area contributed by atoms with E-state index in [2.05, 4.69) is 9.71 Å². The Morgan fingerprint density at radius 3 is 2.74 bits per heavy atom. The van der Waals surface area contributed by atoms with E-state index in [1.54, 1.807) is 25.3 Å². The molecule has 2 aromatic rings. The summed E-state index contributed by atoms with van der Waals surface area (Å²) in [6.07, 6.45) is 1.58. The molecule has 1 heterocycles. The molecule has 1 aromatic heterocycles. The first-order chi connectivity index (χ1) is 8.90. The fraction of sp³-hybridized carbons (Fsp3) is 0.0833. The first-order valence-electron chi connectivity index (χ1n) is 5.39. The predicted molar refractivity (Wildman–Crippen MR) is 75.6 cm³/mol. The van der Waals surface area contributed by atoms with Crippen LogP contribution in [0.2, 0.25) is 5.02 Å². The lowest BCUT2D eigenvalue weighted by molar-refractivity contribution is 0.601. The van der Waals surface area contributed by atoms with E-state index in [0.717, 1.165) is 0 Å². The molecule has 0 aliphatic carbocycles. The summed E-state index contributed by atoms with van der Waals surface area (Å²) in [4.78, 5) is 3.96. The van der Waals surface area contributed by atoms with Crippen molar-refractivity contribution in [3.8, 4) is 0 Å². The molecule has 100 valence electrons. The topological polar surface area (TPSA) is 85.1 Å². The number of aromatic nitrogens is 1. The fourth-order valence-electron chi connectivity index (χ4n) is 1.53. The number of hydrogen-bond donors (Lipinski definition) is 2. The Morgan fingerprint density at radius 2 is 2.05 bits per heavy atom. The third kappa shape index (κ3) is 2.97. The van der Waals surface area contributed by atoms with Gasteiger partial charge < -0.3 is 5.73 Å². The standard InChI is InChI=1S/C12H12ClN3O2S/c1-8-11(3-2-6-15-8)16-19(17,18)12-7-9(13)4-5-10(12)14/h2-7,16H,14H2,1H3. The molecular weight excluding hydrogens is 286 g/mol. The summed E-state index contributed by atoms with van der Waals surface area (Å²) in [6.45, 7) is 1.71. The molecule has 0 amide bonds. The number of rotatable bonds is 3. The third-order valence-corrected chi connectivity index (χ3v) is 4.17. The van der Waals surface area contributed by atoms with Crippen LogP contribution in [0.4, 0.5) is 11.4 Å². The lowest BCUT2D eigenvalue weighted by Crippen LogP contribution is -2.15. The van der Waals surface area contributed by atoms with Gasteiger partial charge in [0, 0.05) is 11.2 Å². The lowest BCUT2D eigenvalue weighted by Gasteiger charge is -2.11. The Labute approximate surface area is 116 Å². The van der Waals surface area contributed by atoms with Gasteiger partial charge in [-0.1, -0.05) is 11.6 Å². The molecule has 0 spiro atoms. The highest BCUT2D eigenvalue weighted by atomic mass is 35.5. The number of nitrogens with zero attached hydrogens (tertiary/aromatic N) is 1. The lowest BCUT2D eigenvalue weighted by atomic mass is 10.3. The van der Waals surface area contributed by atoms with Crippen LogP contribution < -0.4 is 10.5 Å². The minimum Gasteiger partial charge on any atom is -0.398 e. The molecule has 0 saturated carbocycles. The Kier molecular flexibility index (Phi) is 3.64. The predicted octanol–water partition coefficient (Wildman–Crippen LogP) is 2.43. The van der Waals surface area contributed by atoms with E-state index in [1.807, 2.05) is 0 Å². The smallest absolute Gasteiger partial charge is 0.264 e. The summed E-state index contributed by atoms with van der Waals surface area (Å²) in [6, 6.07) is 7.57. The van der Waals surface area contributed by atoms with Gasteiger partial charge in [0.1, 0.15) is 4.90 Å². The van der Waals surface area contributed by atoms with E-state index in [4.69, 9.17) is 17.3 Å². The van der Waals surface area contributed by atoms with Crippen molar-refractivity contribution in [2.75, 3.05) is 10.5 Å². The number of nitrogens with two attached hydrogens (primary N) is 1. The summed E-state index contributed by atoms with van der Waals surface area (Å²) >= 11 is 5.80. The molecule has 1 aromatic carbocycles. The van der Waals surface area contributed by atoms with E-state index in [-0.39, 0.29) is 10.6 Å². The van der Waals surface area contributed by atoms with Crippen LogP contribution in [0, 0.1) is 6.92 Å². The number of pyridine rings is 1. The fourth-order valence-corrected chi connectivity index (χ4v) is 3.05. The molecule has 0 saturated heterocycles. The summed E-state index contributed by atoms with van der Waals surface area (Å²) in [7, 11) is -3.79. The van der Waals surface area contributed by atoms with Gasteiger partial charge in [-0.25, -0.2) is 8.42 Å². The molecule has 3 N–H and O–H groups in total. The van der Waals surface area contributed by atoms with Crippen LogP contribution in [0.15, 0.2) is 41.4 Å². The van der Waals surface area contributed by atoms with Gasteiger partial charge in [-0.05, 0) is 37.3 Å². The zero-order valence-electron chi connectivity index (χ0n) is 10.1. The van der Waals surface area contributed by atoms with Crippen LogP contribution >= 0.6 is 11.6 Å². The Balaban J connectivity index is 2.44. The second kappa shape index (κ2) is 5.07. The van der Waals surface area contributed by atoms with Gasteiger partial charge >= 0.3 is 0 Å². The highest BCUT2D eigenvalue weighted by Gasteiger charge is 2.18. The van der Waals surface area contributed by atoms with Crippen molar-refractivity contribution in [1.29, 1.82) is 0 Å². The molecule has 19 heavy (non-hydrogen) atoms. The summed E-state index contributed by atoms with van der Waals surface area (Å²) in [5, 5.41) is 0.303. The first kappa shape index (κ1) is 13.6. The van der Waals surface area contributed by atoms with Crippen molar-refractivity contribution in [3.05, 3.63) is 47.2 Å². The van der Waals surface area contributed by atoms with Crippen LogP contribution in [0.1, 0.15) is 5.69 Å². The summed E-state index contributed by atoms with van der Waals surface area (Å²) in [5.41, 5.74) is 6.79. The molecule has 0 aliphatic heterocycles. The second-order valence-corrected chi connectivity index (χ2v) is 6.01. The van der Waals surface area contributed by atoms with Crippen LogP contribution in [0.5, 0.6) is 0 Å². The van der Waals surface area contributed by atoms with Crippen molar-refractivity contribution in [2.24, 2.45) is 0 Å². The zero-order valence-corrected chi connectivity index (χ0v) is 11.7. The maximum Gasteiger partial charge on any atom is 0.264 e. The maximum absolute atomic E-state index is 12.2. The van der Waals surface area contributed by atoms with E-state index in [1.165, 1.54) is 18.2 Å². The first-order valence-corrected chi connectivity index (χ1v) is 7.26. The average molecular weight is 298 g/mol. The second-order valence-electron chi connectivity index (χ2n) is 3.92. The van der Waals surface area contributed by atoms with E-state index < -0.39 is 10.0 Å². The number of anilines is 2.